The van der Waals surface area contributed by atoms with Crippen molar-refractivity contribution in [3.63, 3.8) is 0 Å². The van der Waals surface area contributed by atoms with Gasteiger partial charge in [0.1, 0.15) is 0 Å². The zero-order valence-corrected chi connectivity index (χ0v) is 15.8. The maximum absolute atomic E-state index is 12.3. The van der Waals surface area contributed by atoms with E-state index in [0.29, 0.717) is 11.4 Å². The van der Waals surface area contributed by atoms with Crippen molar-refractivity contribution < 1.29 is 37.4 Å². The highest BCUT2D eigenvalue weighted by molar-refractivity contribution is 7.14. The van der Waals surface area contributed by atoms with E-state index in [0.717, 1.165) is 10.9 Å². The molecule has 150 valence electrons. The van der Waals surface area contributed by atoms with E-state index in [1.54, 1.807) is 12.1 Å². The van der Waals surface area contributed by atoms with Crippen molar-refractivity contribution in [1.29, 1.82) is 0 Å². The third-order valence-corrected chi connectivity index (χ3v) is 4.52. The molecule has 0 unspecified atom stereocenters. The first-order valence-electron chi connectivity index (χ1n) is 7.96. The molecule has 1 amide bonds. The molecule has 0 atom stereocenters. The fourth-order valence-electron chi connectivity index (χ4n) is 2.11. The van der Waals surface area contributed by atoms with Gasteiger partial charge >= 0.3 is 12.6 Å². The van der Waals surface area contributed by atoms with Crippen molar-refractivity contribution in [3.05, 3.63) is 45.6 Å². The van der Waals surface area contributed by atoms with Crippen molar-refractivity contribution >= 4 is 29.0 Å². The number of benzene rings is 1. The summed E-state index contributed by atoms with van der Waals surface area (Å²) in [5, 5.41) is 2.62. The fraction of sp³-hybridized carbons (Fsp3) is 0.278. The lowest BCUT2D eigenvalue weighted by molar-refractivity contribution is -0.119. The normalized spacial score (nSPS) is 10.5. The maximum Gasteiger partial charge on any atom is 0.387 e. The SMILES string of the molecule is COc1cc(C(=O)OCC(=O)c2ccc(CNC(C)=O)s2)ccc1OC(F)F. The van der Waals surface area contributed by atoms with E-state index in [2.05, 4.69) is 10.1 Å². The van der Waals surface area contributed by atoms with Crippen LogP contribution in [0.15, 0.2) is 30.3 Å². The molecule has 1 N–H and O–H groups in total. The van der Waals surface area contributed by atoms with Gasteiger partial charge in [0.2, 0.25) is 11.7 Å². The topological polar surface area (TPSA) is 90.9 Å². The zero-order valence-electron chi connectivity index (χ0n) is 15.0. The van der Waals surface area contributed by atoms with Crippen molar-refractivity contribution in [1.82, 2.24) is 5.32 Å². The quantitative estimate of drug-likeness (QED) is 0.502. The molecule has 0 aliphatic heterocycles. The van der Waals surface area contributed by atoms with E-state index in [1.165, 1.54) is 37.5 Å². The third kappa shape index (κ3) is 6.02. The molecular formula is C18H17F2NO6S. The summed E-state index contributed by atoms with van der Waals surface area (Å²) < 4.78 is 38.8. The number of amides is 1. The highest BCUT2D eigenvalue weighted by Gasteiger charge is 2.17. The molecule has 0 aliphatic carbocycles. The largest absolute Gasteiger partial charge is 0.493 e. The van der Waals surface area contributed by atoms with Crippen LogP contribution < -0.4 is 14.8 Å². The molecule has 7 nitrogen and oxygen atoms in total. The van der Waals surface area contributed by atoms with Gasteiger partial charge in [-0.2, -0.15) is 8.78 Å². The predicted octanol–water partition coefficient (Wildman–Crippen LogP) is 3.03. The van der Waals surface area contributed by atoms with Crippen molar-refractivity contribution in [2.45, 2.75) is 20.1 Å². The van der Waals surface area contributed by atoms with E-state index in [9.17, 15) is 23.2 Å². The minimum atomic E-state index is -3.04. The van der Waals surface area contributed by atoms with Gasteiger partial charge in [-0.25, -0.2) is 4.79 Å². The lowest BCUT2D eigenvalue weighted by Crippen LogP contribution is -2.18. The van der Waals surface area contributed by atoms with E-state index in [1.807, 2.05) is 0 Å². The highest BCUT2D eigenvalue weighted by Crippen LogP contribution is 2.29. The van der Waals surface area contributed by atoms with Crippen LogP contribution in [0.5, 0.6) is 11.5 Å². The predicted molar refractivity (Wildman–Crippen MR) is 96.1 cm³/mol. The molecule has 10 heteroatoms. The van der Waals surface area contributed by atoms with Crippen LogP contribution in [0.2, 0.25) is 0 Å². The van der Waals surface area contributed by atoms with Crippen molar-refractivity contribution in [3.8, 4) is 11.5 Å². The Hall–Kier alpha value is -3.01. The number of halogens is 2. The van der Waals surface area contributed by atoms with Crippen LogP contribution in [-0.4, -0.2) is 38.0 Å². The van der Waals surface area contributed by atoms with Crippen LogP contribution >= 0.6 is 11.3 Å². The number of hydrogen-bond donors (Lipinski definition) is 1. The first-order valence-corrected chi connectivity index (χ1v) is 8.78. The molecule has 0 bridgehead atoms. The second-order valence-electron chi connectivity index (χ2n) is 5.42. The van der Waals surface area contributed by atoms with E-state index in [-0.39, 0.29) is 23.0 Å². The average molecular weight is 413 g/mol. The number of alkyl halides is 2. The van der Waals surface area contributed by atoms with Gasteiger partial charge in [0, 0.05) is 11.8 Å². The summed E-state index contributed by atoms with van der Waals surface area (Å²) in [5.41, 5.74) is 0.0174. The number of thiophene rings is 1. The Bertz CT molecular complexity index is 868. The van der Waals surface area contributed by atoms with E-state index >= 15 is 0 Å². The first kappa shape index (κ1) is 21.3. The van der Waals surface area contributed by atoms with Crippen LogP contribution in [0.4, 0.5) is 8.78 Å². The molecule has 1 heterocycles. The molecule has 28 heavy (non-hydrogen) atoms. The summed E-state index contributed by atoms with van der Waals surface area (Å²) in [7, 11) is 1.24. The van der Waals surface area contributed by atoms with Gasteiger partial charge in [0.05, 0.1) is 24.1 Å². The first-order chi connectivity index (χ1) is 13.3. The molecule has 2 rings (SSSR count). The van der Waals surface area contributed by atoms with Crippen LogP contribution in [-0.2, 0) is 16.1 Å². The van der Waals surface area contributed by atoms with E-state index < -0.39 is 25.0 Å². The molecule has 0 aliphatic rings. The summed E-state index contributed by atoms with van der Waals surface area (Å²) in [6, 6.07) is 6.83. The highest BCUT2D eigenvalue weighted by atomic mass is 32.1. The number of nitrogens with one attached hydrogen (secondary N) is 1. The second kappa shape index (κ2) is 9.79. The van der Waals surface area contributed by atoms with Gasteiger partial charge < -0.3 is 19.5 Å². The number of carbonyl (C=O) groups excluding carboxylic acids is 3. The average Bonchev–Trinajstić information content (AvgIpc) is 3.13. The minimum absolute atomic E-state index is 0.0174. The Morgan fingerprint density at radius 3 is 2.54 bits per heavy atom. The van der Waals surface area contributed by atoms with Gasteiger partial charge in [-0.3, -0.25) is 9.59 Å². The third-order valence-electron chi connectivity index (χ3n) is 3.40. The van der Waals surface area contributed by atoms with Gasteiger partial charge in [-0.05, 0) is 30.3 Å². The van der Waals surface area contributed by atoms with E-state index in [4.69, 9.17) is 9.47 Å². The smallest absolute Gasteiger partial charge is 0.387 e. The number of ether oxygens (including phenoxy) is 3. The molecule has 0 radical (unpaired) electrons. The van der Waals surface area contributed by atoms with Crippen LogP contribution in [0.3, 0.4) is 0 Å². The zero-order chi connectivity index (χ0) is 20.7. The summed E-state index contributed by atoms with van der Waals surface area (Å²) in [6.07, 6.45) is 0. The number of ketones is 1. The minimum Gasteiger partial charge on any atom is -0.493 e. The molecular weight excluding hydrogens is 396 g/mol. The number of carbonyl (C=O) groups is 3. The Kier molecular flexibility index (Phi) is 7.44. The monoisotopic (exact) mass is 413 g/mol. The Morgan fingerprint density at radius 2 is 1.89 bits per heavy atom. The molecule has 0 fully saturated rings. The summed E-state index contributed by atoms with van der Waals surface area (Å²) in [4.78, 5) is 36.3. The Morgan fingerprint density at radius 1 is 1.14 bits per heavy atom. The lowest BCUT2D eigenvalue weighted by Gasteiger charge is -2.11. The number of methoxy groups -OCH3 is 1. The standard InChI is InChI=1S/C18H17F2NO6S/c1-10(22)21-8-12-4-6-16(28-12)13(23)9-26-17(24)11-3-5-14(27-18(19)20)15(7-11)25-2/h3-7,18H,8-9H2,1-2H3,(H,21,22). The lowest BCUT2D eigenvalue weighted by atomic mass is 10.2. The Labute approximate surface area is 163 Å². The van der Waals surface area contributed by atoms with Crippen molar-refractivity contribution in [2.75, 3.05) is 13.7 Å². The molecule has 1 aromatic carbocycles. The summed E-state index contributed by atoms with van der Waals surface area (Å²) in [6.45, 7) is -1.83. The molecule has 1 aromatic heterocycles. The molecule has 0 saturated carbocycles. The van der Waals surface area contributed by atoms with Gasteiger partial charge in [0.25, 0.3) is 0 Å². The summed E-state index contributed by atoms with van der Waals surface area (Å²) in [5.74, 6) is -1.70. The number of Topliss-reactive ketones (excluding diaryl/α,β-unsaturated/α-hetero) is 1. The Balaban J connectivity index is 1.96. The van der Waals surface area contributed by atoms with Gasteiger partial charge in [-0.1, -0.05) is 0 Å². The van der Waals surface area contributed by atoms with Gasteiger partial charge in [-0.15, -0.1) is 11.3 Å². The molecule has 0 spiro atoms. The van der Waals surface area contributed by atoms with Crippen LogP contribution in [0.25, 0.3) is 0 Å². The maximum atomic E-state index is 12.3. The van der Waals surface area contributed by atoms with Crippen molar-refractivity contribution in [2.24, 2.45) is 0 Å². The van der Waals surface area contributed by atoms with Gasteiger partial charge in [0.15, 0.2) is 18.1 Å². The fourth-order valence-corrected chi connectivity index (χ4v) is 2.98. The second-order valence-corrected chi connectivity index (χ2v) is 6.59. The summed E-state index contributed by atoms with van der Waals surface area (Å²) >= 11 is 1.18. The van der Waals surface area contributed by atoms with Crippen LogP contribution in [0.1, 0.15) is 31.8 Å². The molecule has 2 aromatic rings. The number of esters is 1. The van der Waals surface area contributed by atoms with Crippen LogP contribution in [0, 0.1) is 0 Å². The number of hydrogen-bond acceptors (Lipinski definition) is 7. The number of rotatable bonds is 9. The molecule has 0 saturated heterocycles.